The first-order valence-corrected chi connectivity index (χ1v) is 7.27. The zero-order chi connectivity index (χ0) is 14.8. The van der Waals surface area contributed by atoms with Crippen molar-refractivity contribution in [2.45, 2.75) is 26.4 Å². The Morgan fingerprint density at radius 1 is 1.33 bits per heavy atom. The zero-order valence-corrected chi connectivity index (χ0v) is 12.8. The van der Waals surface area contributed by atoms with E-state index in [4.69, 9.17) is 4.52 Å². The van der Waals surface area contributed by atoms with Crippen LogP contribution in [-0.2, 0) is 6.54 Å². The van der Waals surface area contributed by atoms with Crippen LogP contribution in [0.15, 0.2) is 22.9 Å². The third-order valence-electron chi connectivity index (χ3n) is 4.05. The van der Waals surface area contributed by atoms with Crippen molar-refractivity contribution in [3.05, 3.63) is 41.3 Å². The van der Waals surface area contributed by atoms with Gasteiger partial charge in [-0.1, -0.05) is 11.2 Å². The summed E-state index contributed by atoms with van der Waals surface area (Å²) in [5.74, 6) is 1.40. The largest absolute Gasteiger partial charge is 0.338 e. The van der Waals surface area contributed by atoms with Crippen LogP contribution in [0.4, 0.5) is 0 Å². The fraction of sp³-hybridized carbons (Fsp3) is 0.533. The molecule has 3 rings (SSSR count). The second-order valence-corrected chi connectivity index (χ2v) is 5.68. The maximum absolute atomic E-state index is 5.35. The summed E-state index contributed by atoms with van der Waals surface area (Å²) in [6, 6.07) is 4.24. The monoisotopic (exact) mass is 287 g/mol. The van der Waals surface area contributed by atoms with Crippen LogP contribution in [-0.4, -0.2) is 51.6 Å². The predicted molar refractivity (Wildman–Crippen MR) is 78.7 cm³/mol. The molecule has 0 N–H and O–H groups in total. The molecule has 1 saturated heterocycles. The minimum Gasteiger partial charge on any atom is -0.338 e. The molecule has 0 aliphatic carbocycles. The maximum atomic E-state index is 5.35. The molecule has 0 spiro atoms. The minimum absolute atomic E-state index is 0.156. The number of pyridine rings is 1. The molecular weight excluding hydrogens is 266 g/mol. The third kappa shape index (κ3) is 3.11. The highest BCUT2D eigenvalue weighted by molar-refractivity contribution is 5.17. The second-order valence-electron chi connectivity index (χ2n) is 5.68. The van der Waals surface area contributed by atoms with Crippen molar-refractivity contribution in [2.24, 2.45) is 0 Å². The molecule has 0 bridgehead atoms. The van der Waals surface area contributed by atoms with Gasteiger partial charge in [0.05, 0.1) is 5.69 Å². The van der Waals surface area contributed by atoms with Gasteiger partial charge >= 0.3 is 0 Å². The van der Waals surface area contributed by atoms with Gasteiger partial charge in [-0.05, 0) is 32.5 Å². The van der Waals surface area contributed by atoms with Crippen LogP contribution < -0.4 is 0 Å². The number of likely N-dealkylation sites (N-methyl/N-ethyl adjacent to an activating group) is 1. The van der Waals surface area contributed by atoms with E-state index in [1.54, 1.807) is 0 Å². The van der Waals surface area contributed by atoms with E-state index in [1.165, 1.54) is 5.56 Å². The van der Waals surface area contributed by atoms with Crippen LogP contribution in [0.5, 0.6) is 0 Å². The molecule has 0 amide bonds. The molecule has 1 fully saturated rings. The Labute approximate surface area is 124 Å². The molecule has 3 heterocycles. The number of hydrogen-bond acceptors (Lipinski definition) is 6. The molecule has 1 aliphatic rings. The van der Waals surface area contributed by atoms with Gasteiger partial charge in [-0.25, -0.2) is 0 Å². The lowest BCUT2D eigenvalue weighted by molar-refractivity contribution is 0.0706. The van der Waals surface area contributed by atoms with Crippen LogP contribution in [0.1, 0.15) is 29.0 Å². The van der Waals surface area contributed by atoms with E-state index in [2.05, 4.69) is 45.0 Å². The van der Waals surface area contributed by atoms with Gasteiger partial charge in [-0.3, -0.25) is 14.8 Å². The summed E-state index contributed by atoms with van der Waals surface area (Å²) in [6.45, 7) is 7.72. The summed E-state index contributed by atoms with van der Waals surface area (Å²) >= 11 is 0. The second kappa shape index (κ2) is 5.91. The number of aryl methyl sites for hydroxylation is 2. The predicted octanol–water partition coefficient (Wildman–Crippen LogP) is 1.57. The molecule has 6 nitrogen and oxygen atoms in total. The van der Waals surface area contributed by atoms with E-state index in [0.29, 0.717) is 11.7 Å². The smallest absolute Gasteiger partial charge is 0.245 e. The standard InChI is InChI=1S/C15H21N5O/c1-11-5-4-6-16-13(11)9-20-8-7-19(3)14(10-20)15-17-12(2)18-21-15/h4-6,14H,7-10H2,1-3H3/t14-/m1/s1. The molecule has 2 aromatic heterocycles. The lowest BCUT2D eigenvalue weighted by Crippen LogP contribution is -2.46. The Balaban J connectivity index is 1.72. The van der Waals surface area contributed by atoms with Crippen molar-refractivity contribution in [3.63, 3.8) is 0 Å². The Morgan fingerprint density at radius 2 is 2.19 bits per heavy atom. The summed E-state index contributed by atoms with van der Waals surface area (Å²) < 4.78 is 5.35. The van der Waals surface area contributed by atoms with E-state index in [-0.39, 0.29) is 6.04 Å². The van der Waals surface area contributed by atoms with E-state index in [0.717, 1.165) is 31.9 Å². The summed E-state index contributed by atoms with van der Waals surface area (Å²) in [4.78, 5) is 13.5. The van der Waals surface area contributed by atoms with E-state index in [1.807, 2.05) is 19.2 Å². The average molecular weight is 287 g/mol. The highest BCUT2D eigenvalue weighted by Gasteiger charge is 2.30. The summed E-state index contributed by atoms with van der Waals surface area (Å²) in [5.41, 5.74) is 2.38. The van der Waals surface area contributed by atoms with Crippen molar-refractivity contribution in [3.8, 4) is 0 Å². The van der Waals surface area contributed by atoms with E-state index < -0.39 is 0 Å². The Kier molecular flexibility index (Phi) is 3.98. The van der Waals surface area contributed by atoms with Crippen molar-refractivity contribution in [1.82, 2.24) is 24.9 Å². The quantitative estimate of drug-likeness (QED) is 0.854. The zero-order valence-electron chi connectivity index (χ0n) is 12.8. The normalized spacial score (nSPS) is 20.8. The SMILES string of the molecule is Cc1noc([C@H]2CN(Cc3ncccc3C)CCN2C)n1. The molecule has 1 atom stereocenters. The van der Waals surface area contributed by atoms with Crippen molar-refractivity contribution in [2.75, 3.05) is 26.7 Å². The number of aromatic nitrogens is 3. The molecule has 0 aromatic carbocycles. The fourth-order valence-corrected chi connectivity index (χ4v) is 2.68. The molecular formula is C15H21N5O. The molecule has 0 radical (unpaired) electrons. The first-order chi connectivity index (χ1) is 10.1. The summed E-state index contributed by atoms with van der Waals surface area (Å²) in [5, 5.41) is 3.91. The number of piperazine rings is 1. The summed E-state index contributed by atoms with van der Waals surface area (Å²) in [7, 11) is 2.10. The Hall–Kier alpha value is -1.79. The molecule has 1 aliphatic heterocycles. The van der Waals surface area contributed by atoms with E-state index >= 15 is 0 Å². The van der Waals surface area contributed by atoms with Crippen molar-refractivity contribution >= 4 is 0 Å². The summed E-state index contributed by atoms with van der Waals surface area (Å²) in [6.07, 6.45) is 1.86. The van der Waals surface area contributed by atoms with Crippen LogP contribution >= 0.6 is 0 Å². The van der Waals surface area contributed by atoms with Gasteiger partial charge in [-0.2, -0.15) is 4.98 Å². The number of nitrogens with zero attached hydrogens (tertiary/aromatic N) is 5. The molecule has 21 heavy (non-hydrogen) atoms. The average Bonchev–Trinajstić information content (AvgIpc) is 2.90. The topological polar surface area (TPSA) is 58.3 Å². The van der Waals surface area contributed by atoms with Gasteiger partial charge in [0.15, 0.2) is 5.82 Å². The van der Waals surface area contributed by atoms with Crippen molar-refractivity contribution < 1.29 is 4.52 Å². The van der Waals surface area contributed by atoms with E-state index in [9.17, 15) is 0 Å². The highest BCUT2D eigenvalue weighted by Crippen LogP contribution is 2.23. The lowest BCUT2D eigenvalue weighted by atomic mass is 10.1. The Bertz CT molecular complexity index is 612. The Morgan fingerprint density at radius 3 is 2.90 bits per heavy atom. The van der Waals surface area contributed by atoms with Crippen LogP contribution in [0.2, 0.25) is 0 Å². The molecule has 112 valence electrons. The molecule has 0 saturated carbocycles. The number of hydrogen-bond donors (Lipinski definition) is 0. The van der Waals surface area contributed by atoms with Gasteiger partial charge in [0.2, 0.25) is 5.89 Å². The van der Waals surface area contributed by atoms with Gasteiger partial charge in [0, 0.05) is 32.4 Å². The third-order valence-corrected chi connectivity index (χ3v) is 4.05. The molecule has 0 unspecified atom stereocenters. The van der Waals surface area contributed by atoms with Crippen LogP contribution in [0, 0.1) is 13.8 Å². The first-order valence-electron chi connectivity index (χ1n) is 7.27. The number of rotatable bonds is 3. The van der Waals surface area contributed by atoms with Gasteiger partial charge < -0.3 is 4.52 Å². The van der Waals surface area contributed by atoms with Crippen molar-refractivity contribution in [1.29, 1.82) is 0 Å². The minimum atomic E-state index is 0.156. The fourth-order valence-electron chi connectivity index (χ4n) is 2.68. The molecule has 6 heteroatoms. The maximum Gasteiger partial charge on any atom is 0.245 e. The highest BCUT2D eigenvalue weighted by atomic mass is 16.5. The van der Waals surface area contributed by atoms with Gasteiger partial charge in [0.1, 0.15) is 6.04 Å². The van der Waals surface area contributed by atoms with Gasteiger partial charge in [0.25, 0.3) is 0 Å². The van der Waals surface area contributed by atoms with Crippen LogP contribution in [0.3, 0.4) is 0 Å². The molecule has 2 aromatic rings. The van der Waals surface area contributed by atoms with Crippen LogP contribution in [0.25, 0.3) is 0 Å². The first kappa shape index (κ1) is 14.2. The van der Waals surface area contributed by atoms with Gasteiger partial charge in [-0.15, -0.1) is 0 Å². The lowest BCUT2D eigenvalue weighted by Gasteiger charge is -2.37.